The molecule has 0 bridgehead atoms. The van der Waals surface area contributed by atoms with Gasteiger partial charge in [-0.15, -0.1) is 0 Å². The van der Waals surface area contributed by atoms with Gasteiger partial charge < -0.3 is 10.0 Å². The van der Waals surface area contributed by atoms with E-state index < -0.39 is 9.84 Å². The second kappa shape index (κ2) is 5.81. The molecule has 0 saturated heterocycles. The maximum absolute atomic E-state index is 11.2. The highest BCUT2D eigenvalue weighted by Crippen LogP contribution is 2.27. The van der Waals surface area contributed by atoms with Crippen molar-refractivity contribution in [2.45, 2.75) is 6.54 Å². The Morgan fingerprint density at radius 1 is 1.15 bits per heavy atom. The van der Waals surface area contributed by atoms with Crippen molar-refractivity contribution in [1.82, 2.24) is 4.90 Å². The molecule has 0 aromatic heterocycles. The zero-order valence-electron chi connectivity index (χ0n) is 11.7. The first-order valence-electron chi connectivity index (χ1n) is 6.43. The van der Waals surface area contributed by atoms with E-state index in [0.717, 1.165) is 16.3 Å². The highest BCUT2D eigenvalue weighted by molar-refractivity contribution is 7.90. The predicted molar refractivity (Wildman–Crippen MR) is 81.7 cm³/mol. The molecular formula is C15H19NO3S. The van der Waals surface area contributed by atoms with Crippen LogP contribution in [0.15, 0.2) is 36.4 Å². The Hall–Kier alpha value is -1.59. The molecule has 0 fully saturated rings. The van der Waals surface area contributed by atoms with Crippen LogP contribution in [0.3, 0.4) is 0 Å². The Kier molecular flexibility index (Phi) is 4.30. The van der Waals surface area contributed by atoms with Crippen molar-refractivity contribution in [3.8, 4) is 5.75 Å². The van der Waals surface area contributed by atoms with Crippen LogP contribution in [0.2, 0.25) is 0 Å². The van der Waals surface area contributed by atoms with Gasteiger partial charge in [-0.3, -0.25) is 0 Å². The van der Waals surface area contributed by atoms with Gasteiger partial charge in [0.15, 0.2) is 0 Å². The fourth-order valence-corrected chi connectivity index (χ4v) is 2.80. The third-order valence-electron chi connectivity index (χ3n) is 3.29. The lowest BCUT2D eigenvalue weighted by atomic mass is 10.0. The van der Waals surface area contributed by atoms with E-state index in [1.165, 1.54) is 6.26 Å². The highest BCUT2D eigenvalue weighted by atomic mass is 32.2. The number of benzene rings is 2. The van der Waals surface area contributed by atoms with Gasteiger partial charge in [0.2, 0.25) is 0 Å². The minimum Gasteiger partial charge on any atom is -0.508 e. The monoisotopic (exact) mass is 293 g/mol. The summed E-state index contributed by atoms with van der Waals surface area (Å²) in [7, 11) is -1.11. The van der Waals surface area contributed by atoms with E-state index in [2.05, 4.69) is 0 Å². The Morgan fingerprint density at radius 3 is 2.55 bits per heavy atom. The number of rotatable bonds is 5. The van der Waals surface area contributed by atoms with Gasteiger partial charge in [0, 0.05) is 24.9 Å². The van der Waals surface area contributed by atoms with Crippen LogP contribution in [-0.2, 0) is 16.4 Å². The summed E-state index contributed by atoms with van der Waals surface area (Å²) < 4.78 is 22.4. The number of phenolic OH excluding ortho intramolecular Hbond substituents is 1. The summed E-state index contributed by atoms with van der Waals surface area (Å²) in [4.78, 5) is 1.91. The first-order valence-corrected chi connectivity index (χ1v) is 8.49. The van der Waals surface area contributed by atoms with Crippen LogP contribution in [0.1, 0.15) is 5.56 Å². The van der Waals surface area contributed by atoms with Gasteiger partial charge in [-0.1, -0.05) is 30.3 Å². The lowest BCUT2D eigenvalue weighted by Crippen LogP contribution is -2.25. The number of hydrogen-bond donors (Lipinski definition) is 1. The third-order valence-corrected chi connectivity index (χ3v) is 4.21. The van der Waals surface area contributed by atoms with Crippen molar-refractivity contribution in [3.63, 3.8) is 0 Å². The first-order chi connectivity index (χ1) is 9.37. The van der Waals surface area contributed by atoms with Crippen molar-refractivity contribution < 1.29 is 13.5 Å². The van der Waals surface area contributed by atoms with Gasteiger partial charge >= 0.3 is 0 Å². The largest absolute Gasteiger partial charge is 0.508 e. The summed E-state index contributed by atoms with van der Waals surface area (Å²) in [5.41, 5.74) is 0.833. The normalized spacial score (nSPS) is 12.2. The van der Waals surface area contributed by atoms with E-state index in [-0.39, 0.29) is 11.5 Å². The molecule has 108 valence electrons. The number of hydrogen-bond acceptors (Lipinski definition) is 4. The van der Waals surface area contributed by atoms with Gasteiger partial charge in [0.05, 0.1) is 5.75 Å². The van der Waals surface area contributed by atoms with Crippen molar-refractivity contribution in [1.29, 1.82) is 0 Å². The smallest absolute Gasteiger partial charge is 0.148 e. The molecule has 0 unspecified atom stereocenters. The summed E-state index contributed by atoms with van der Waals surface area (Å²) in [6.45, 7) is 0.963. The van der Waals surface area contributed by atoms with Crippen molar-refractivity contribution in [2.75, 3.05) is 25.6 Å². The molecule has 2 aromatic rings. The number of aromatic hydroxyl groups is 1. The van der Waals surface area contributed by atoms with Crippen LogP contribution >= 0.6 is 0 Å². The Balaban J connectivity index is 2.22. The van der Waals surface area contributed by atoms with Crippen LogP contribution in [0, 0.1) is 0 Å². The minimum atomic E-state index is -2.97. The van der Waals surface area contributed by atoms with Gasteiger partial charge in [0.25, 0.3) is 0 Å². The minimum absolute atomic E-state index is 0.120. The molecule has 5 heteroatoms. The summed E-state index contributed by atoms with van der Waals surface area (Å²) in [5.74, 6) is 0.365. The maximum Gasteiger partial charge on any atom is 0.148 e. The molecular weight excluding hydrogens is 274 g/mol. The van der Waals surface area contributed by atoms with Crippen LogP contribution in [-0.4, -0.2) is 44.0 Å². The summed E-state index contributed by atoms with van der Waals surface area (Å²) in [5, 5.41) is 12.1. The van der Waals surface area contributed by atoms with E-state index in [4.69, 9.17) is 0 Å². The molecule has 0 heterocycles. The van der Waals surface area contributed by atoms with E-state index in [1.54, 1.807) is 6.07 Å². The molecule has 0 aliphatic heterocycles. The van der Waals surface area contributed by atoms with Gasteiger partial charge in [0.1, 0.15) is 15.6 Å². The molecule has 0 aliphatic carbocycles. The third kappa shape index (κ3) is 3.71. The zero-order chi connectivity index (χ0) is 14.8. The number of nitrogens with zero attached hydrogens (tertiary/aromatic N) is 1. The van der Waals surface area contributed by atoms with Gasteiger partial charge in [-0.2, -0.15) is 0 Å². The van der Waals surface area contributed by atoms with Gasteiger partial charge in [-0.25, -0.2) is 8.42 Å². The molecule has 1 N–H and O–H groups in total. The molecule has 0 spiro atoms. The molecule has 0 atom stereocenters. The standard InChI is InChI=1S/C15H19NO3S/c1-16(9-10-20(2,18)19)11-14-13-6-4-3-5-12(13)7-8-15(14)17/h3-8,17H,9-11H2,1-2H3. The van der Waals surface area contributed by atoms with E-state index in [1.807, 2.05) is 42.3 Å². The number of phenols is 1. The zero-order valence-corrected chi connectivity index (χ0v) is 12.5. The molecule has 0 amide bonds. The van der Waals surface area contributed by atoms with Crippen molar-refractivity contribution in [2.24, 2.45) is 0 Å². The van der Waals surface area contributed by atoms with Crippen molar-refractivity contribution in [3.05, 3.63) is 42.0 Å². The second-order valence-corrected chi connectivity index (χ2v) is 7.41. The Morgan fingerprint density at radius 2 is 1.85 bits per heavy atom. The Labute approximate surface area is 119 Å². The topological polar surface area (TPSA) is 57.6 Å². The number of sulfone groups is 1. The summed E-state index contributed by atoms with van der Waals surface area (Å²) >= 11 is 0. The quantitative estimate of drug-likeness (QED) is 0.916. The molecule has 2 rings (SSSR count). The Bertz CT molecular complexity index is 710. The van der Waals surface area contributed by atoms with E-state index in [9.17, 15) is 13.5 Å². The second-order valence-electron chi connectivity index (χ2n) is 5.15. The first kappa shape index (κ1) is 14.8. The molecule has 0 saturated carbocycles. The fraction of sp³-hybridized carbons (Fsp3) is 0.333. The fourth-order valence-electron chi connectivity index (χ4n) is 2.16. The van der Waals surface area contributed by atoms with Crippen LogP contribution in [0.5, 0.6) is 5.75 Å². The maximum atomic E-state index is 11.2. The SMILES string of the molecule is CN(CCS(C)(=O)=O)Cc1c(O)ccc2ccccc12. The summed E-state index contributed by atoms with van der Waals surface area (Å²) in [6, 6.07) is 11.4. The molecule has 2 aromatic carbocycles. The van der Waals surface area contributed by atoms with Crippen LogP contribution in [0.4, 0.5) is 0 Å². The average Bonchev–Trinajstić information content (AvgIpc) is 2.39. The lowest BCUT2D eigenvalue weighted by Gasteiger charge is -2.18. The molecule has 0 aliphatic rings. The number of fused-ring (bicyclic) bond motifs is 1. The molecule has 20 heavy (non-hydrogen) atoms. The molecule has 0 radical (unpaired) electrons. The van der Waals surface area contributed by atoms with Gasteiger partial charge in [-0.05, 0) is 23.9 Å². The summed E-state index contributed by atoms with van der Waals surface area (Å²) in [6.07, 6.45) is 1.23. The lowest BCUT2D eigenvalue weighted by molar-refractivity contribution is 0.339. The van der Waals surface area contributed by atoms with Crippen LogP contribution < -0.4 is 0 Å². The van der Waals surface area contributed by atoms with E-state index >= 15 is 0 Å². The predicted octanol–water partition coefficient (Wildman–Crippen LogP) is 2.02. The van der Waals surface area contributed by atoms with E-state index in [0.29, 0.717) is 13.1 Å². The average molecular weight is 293 g/mol. The molecule has 4 nitrogen and oxygen atoms in total. The highest BCUT2D eigenvalue weighted by Gasteiger charge is 2.11. The van der Waals surface area contributed by atoms with Crippen LogP contribution in [0.25, 0.3) is 10.8 Å². The van der Waals surface area contributed by atoms with Crippen molar-refractivity contribution >= 4 is 20.6 Å².